The Morgan fingerprint density at radius 3 is 2.91 bits per heavy atom. The topological polar surface area (TPSA) is 58.4 Å². The van der Waals surface area contributed by atoms with Crippen LogP contribution in [0.2, 0.25) is 5.02 Å². The number of hydrogen-bond donors (Lipinski definition) is 1. The van der Waals surface area contributed by atoms with Gasteiger partial charge < -0.3 is 14.6 Å². The van der Waals surface area contributed by atoms with Crippen LogP contribution in [0.5, 0.6) is 0 Å². The Morgan fingerprint density at radius 2 is 2.09 bits per heavy atom. The highest BCUT2D eigenvalue weighted by Gasteiger charge is 2.31. The van der Waals surface area contributed by atoms with Crippen molar-refractivity contribution >= 4 is 39.8 Å². The molecule has 4 aromatic rings. The van der Waals surface area contributed by atoms with Crippen molar-refractivity contribution in [3.05, 3.63) is 75.8 Å². The van der Waals surface area contributed by atoms with Crippen molar-refractivity contribution in [2.75, 3.05) is 19.6 Å². The lowest BCUT2D eigenvalue weighted by Crippen LogP contribution is -2.54. The lowest BCUT2D eigenvalue weighted by atomic mass is 10.1. The number of thiazole rings is 1. The molecule has 1 amide bonds. The lowest BCUT2D eigenvalue weighted by Gasteiger charge is -2.35. The summed E-state index contributed by atoms with van der Waals surface area (Å²) in [6.07, 6.45) is 0.583. The Hall–Kier alpha value is -2.74. The molecule has 1 saturated heterocycles. The Labute approximate surface area is 193 Å². The predicted molar refractivity (Wildman–Crippen MR) is 125 cm³/mol. The summed E-state index contributed by atoms with van der Waals surface area (Å²) in [4.78, 5) is 20.8. The van der Waals surface area contributed by atoms with Crippen molar-refractivity contribution in [3.8, 4) is 10.4 Å². The summed E-state index contributed by atoms with van der Waals surface area (Å²) in [6, 6.07) is 13.6. The number of aryl methyl sites for hydroxylation is 1. The van der Waals surface area contributed by atoms with Gasteiger partial charge in [0.15, 0.2) is 0 Å². The van der Waals surface area contributed by atoms with Gasteiger partial charge in [-0.3, -0.25) is 4.79 Å². The van der Waals surface area contributed by atoms with Gasteiger partial charge in [-0.15, -0.1) is 11.3 Å². The molecule has 2 aromatic carbocycles. The number of piperazine rings is 1. The number of carbonyl (C=O) groups is 1. The molecule has 8 heteroatoms. The van der Waals surface area contributed by atoms with Crippen LogP contribution in [0.1, 0.15) is 21.3 Å². The zero-order valence-corrected chi connectivity index (χ0v) is 19.0. The first-order chi connectivity index (χ1) is 15.5. The summed E-state index contributed by atoms with van der Waals surface area (Å²) in [7, 11) is 0. The molecule has 0 radical (unpaired) electrons. The van der Waals surface area contributed by atoms with Crippen LogP contribution in [0.3, 0.4) is 0 Å². The SMILES string of the molecule is Cc1nc(C(=O)N2CCNC[C@@H]2Cc2cc3cc(Cl)ccc3o2)c(-c2ccc(F)cc2)s1. The number of aromatic nitrogens is 1. The van der Waals surface area contributed by atoms with E-state index in [2.05, 4.69) is 10.3 Å². The van der Waals surface area contributed by atoms with Crippen LogP contribution in [0.4, 0.5) is 4.39 Å². The van der Waals surface area contributed by atoms with E-state index in [1.807, 2.05) is 30.0 Å². The number of fused-ring (bicyclic) bond motifs is 1. The first-order valence-electron chi connectivity index (χ1n) is 10.4. The second-order valence-electron chi connectivity index (χ2n) is 7.87. The Balaban J connectivity index is 1.43. The van der Waals surface area contributed by atoms with Gasteiger partial charge in [0, 0.05) is 36.5 Å². The molecule has 1 aliphatic heterocycles. The van der Waals surface area contributed by atoms with Gasteiger partial charge in [0.1, 0.15) is 22.9 Å². The highest BCUT2D eigenvalue weighted by molar-refractivity contribution is 7.15. The maximum absolute atomic E-state index is 13.6. The Kier molecular flexibility index (Phi) is 5.71. The van der Waals surface area contributed by atoms with Crippen LogP contribution in [0, 0.1) is 12.7 Å². The normalized spacial score (nSPS) is 16.6. The van der Waals surface area contributed by atoms with Gasteiger partial charge >= 0.3 is 0 Å². The van der Waals surface area contributed by atoms with Gasteiger partial charge in [-0.05, 0) is 48.9 Å². The van der Waals surface area contributed by atoms with E-state index < -0.39 is 0 Å². The maximum atomic E-state index is 13.6. The van der Waals surface area contributed by atoms with Crippen LogP contribution >= 0.6 is 22.9 Å². The van der Waals surface area contributed by atoms with Crippen LogP contribution in [0.25, 0.3) is 21.4 Å². The third-order valence-electron chi connectivity index (χ3n) is 5.62. The van der Waals surface area contributed by atoms with Gasteiger partial charge in [0.2, 0.25) is 0 Å². The van der Waals surface area contributed by atoms with Crippen molar-refractivity contribution < 1.29 is 13.6 Å². The van der Waals surface area contributed by atoms with Crippen molar-refractivity contribution in [3.63, 3.8) is 0 Å². The van der Waals surface area contributed by atoms with Gasteiger partial charge in [-0.25, -0.2) is 9.37 Å². The Bertz CT molecular complexity index is 1280. The molecule has 1 fully saturated rings. The standard InChI is InChI=1S/C24H21ClFN3O2S/c1-14-28-22(23(32-14)15-2-5-18(26)6-3-15)24(30)29-9-8-27-13-19(29)12-20-11-16-10-17(25)4-7-21(16)31-20/h2-7,10-11,19,27H,8-9,12-13H2,1H3/t19-/m0/s1. The van der Waals surface area contributed by atoms with E-state index in [4.69, 9.17) is 16.0 Å². The minimum absolute atomic E-state index is 0.0737. The molecule has 5 nitrogen and oxygen atoms in total. The maximum Gasteiger partial charge on any atom is 0.274 e. The van der Waals surface area contributed by atoms with Crippen molar-refractivity contribution in [2.24, 2.45) is 0 Å². The van der Waals surface area contributed by atoms with E-state index in [-0.39, 0.29) is 17.8 Å². The number of hydrogen-bond acceptors (Lipinski definition) is 5. The number of furan rings is 1. The highest BCUT2D eigenvalue weighted by Crippen LogP contribution is 2.32. The smallest absolute Gasteiger partial charge is 0.274 e. The van der Waals surface area contributed by atoms with Gasteiger partial charge in [0.25, 0.3) is 5.91 Å². The molecule has 1 aliphatic rings. The number of amides is 1. The molecule has 0 aliphatic carbocycles. The number of nitrogens with zero attached hydrogens (tertiary/aromatic N) is 2. The average Bonchev–Trinajstić information content (AvgIpc) is 3.36. The largest absolute Gasteiger partial charge is 0.461 e. The van der Waals surface area contributed by atoms with Crippen molar-refractivity contribution in [2.45, 2.75) is 19.4 Å². The molecular weight excluding hydrogens is 449 g/mol. The molecule has 3 heterocycles. The predicted octanol–water partition coefficient (Wildman–Crippen LogP) is 5.31. The van der Waals surface area contributed by atoms with Crippen molar-refractivity contribution in [1.82, 2.24) is 15.2 Å². The molecule has 0 saturated carbocycles. The van der Waals surface area contributed by atoms with Crippen LogP contribution in [0.15, 0.2) is 52.9 Å². The summed E-state index contributed by atoms with van der Waals surface area (Å²) in [6.45, 7) is 3.84. The van der Waals surface area contributed by atoms with E-state index in [1.54, 1.807) is 18.2 Å². The molecule has 1 N–H and O–H groups in total. The first-order valence-corrected chi connectivity index (χ1v) is 11.6. The monoisotopic (exact) mass is 469 g/mol. The second-order valence-corrected chi connectivity index (χ2v) is 9.51. The van der Waals surface area contributed by atoms with E-state index in [0.717, 1.165) is 32.2 Å². The highest BCUT2D eigenvalue weighted by atomic mass is 35.5. The second kappa shape index (κ2) is 8.65. The first kappa shape index (κ1) is 21.1. The third kappa shape index (κ3) is 4.16. The van der Waals surface area contributed by atoms with Crippen LogP contribution in [-0.2, 0) is 6.42 Å². The average molecular weight is 470 g/mol. The number of nitrogens with one attached hydrogen (secondary N) is 1. The van der Waals surface area contributed by atoms with Crippen LogP contribution < -0.4 is 5.32 Å². The molecule has 2 aromatic heterocycles. The van der Waals surface area contributed by atoms with Gasteiger partial charge in [0.05, 0.1) is 15.9 Å². The summed E-state index contributed by atoms with van der Waals surface area (Å²) in [5, 5.41) is 5.78. The molecule has 0 bridgehead atoms. The third-order valence-corrected chi connectivity index (χ3v) is 6.88. The number of rotatable bonds is 4. The summed E-state index contributed by atoms with van der Waals surface area (Å²) in [5.74, 6) is 0.387. The number of benzene rings is 2. The minimum atomic E-state index is -0.308. The fourth-order valence-electron chi connectivity index (χ4n) is 4.12. The van der Waals surface area contributed by atoms with Gasteiger partial charge in [-0.1, -0.05) is 23.7 Å². The molecule has 5 rings (SSSR count). The number of halogens is 2. The molecule has 0 spiro atoms. The van der Waals surface area contributed by atoms with E-state index >= 15 is 0 Å². The van der Waals surface area contributed by atoms with Crippen molar-refractivity contribution in [1.29, 1.82) is 0 Å². The fraction of sp³-hybridized carbons (Fsp3) is 0.250. The van der Waals surface area contributed by atoms with Gasteiger partial charge in [-0.2, -0.15) is 0 Å². The minimum Gasteiger partial charge on any atom is -0.461 e. The fourth-order valence-corrected chi connectivity index (χ4v) is 5.21. The van der Waals surface area contributed by atoms with E-state index in [0.29, 0.717) is 36.8 Å². The zero-order valence-electron chi connectivity index (χ0n) is 17.4. The molecule has 32 heavy (non-hydrogen) atoms. The lowest BCUT2D eigenvalue weighted by molar-refractivity contribution is 0.0626. The quantitative estimate of drug-likeness (QED) is 0.440. The Morgan fingerprint density at radius 1 is 1.28 bits per heavy atom. The summed E-state index contributed by atoms with van der Waals surface area (Å²) >= 11 is 7.54. The molecule has 164 valence electrons. The molecular formula is C24H21ClFN3O2S. The van der Waals surface area contributed by atoms with E-state index in [9.17, 15) is 9.18 Å². The van der Waals surface area contributed by atoms with Crippen LogP contribution in [-0.4, -0.2) is 41.5 Å². The number of carbonyl (C=O) groups excluding carboxylic acids is 1. The summed E-state index contributed by atoms with van der Waals surface area (Å²) < 4.78 is 19.4. The summed E-state index contributed by atoms with van der Waals surface area (Å²) in [5.41, 5.74) is 1.99. The van der Waals surface area contributed by atoms with E-state index in [1.165, 1.54) is 23.5 Å². The molecule has 1 atom stereocenters. The molecule has 0 unspecified atom stereocenters. The zero-order chi connectivity index (χ0) is 22.2.